The minimum atomic E-state index is -1.16. The van der Waals surface area contributed by atoms with Crippen molar-refractivity contribution in [3.63, 3.8) is 0 Å². The van der Waals surface area contributed by atoms with Crippen LogP contribution in [0, 0.1) is 21.0 Å². The summed E-state index contributed by atoms with van der Waals surface area (Å²) in [6.45, 7) is 2.15. The average Bonchev–Trinajstić information content (AvgIpc) is 2.67. The van der Waals surface area contributed by atoms with Crippen molar-refractivity contribution in [1.82, 2.24) is 9.55 Å². The second-order valence-electron chi connectivity index (χ2n) is 2.98. The van der Waals surface area contributed by atoms with Crippen LogP contribution in [0.4, 0.5) is 13.2 Å². The molecule has 0 saturated heterocycles. The number of fused-ring (bicyclic) bond motifs is 1. The topological polar surface area (TPSA) is 17.8 Å². The van der Waals surface area contributed by atoms with Crippen LogP contribution < -0.4 is 0 Å². The van der Waals surface area contributed by atoms with Crippen LogP contribution in [0.3, 0.4) is 0 Å². The van der Waals surface area contributed by atoms with E-state index in [1.165, 1.54) is 33.5 Å². The van der Waals surface area contributed by atoms with Crippen molar-refractivity contribution < 1.29 is 13.2 Å². The van der Waals surface area contributed by atoms with Gasteiger partial charge in [0.2, 0.25) is 0 Å². The molecule has 1 aromatic heterocycles. The Hall–Kier alpha value is -0.790. The molecule has 15 heavy (non-hydrogen) atoms. The predicted octanol–water partition coefficient (Wildman–Crippen LogP) is 3.08. The molecule has 0 bridgehead atoms. The van der Waals surface area contributed by atoms with Crippen LogP contribution in [-0.4, -0.2) is 9.55 Å². The second-order valence-corrected chi connectivity index (χ2v) is 4.06. The minimum absolute atomic E-state index is 0.118. The van der Waals surface area contributed by atoms with E-state index < -0.39 is 17.5 Å². The maximum absolute atomic E-state index is 13.5. The van der Waals surface area contributed by atoms with Crippen molar-refractivity contribution in [2.24, 2.45) is 0 Å². The van der Waals surface area contributed by atoms with Gasteiger partial charge in [-0.3, -0.25) is 0 Å². The molecule has 2 rings (SSSR count). The van der Waals surface area contributed by atoms with Gasteiger partial charge in [0, 0.05) is 6.54 Å². The van der Waals surface area contributed by atoms with Crippen molar-refractivity contribution in [3.8, 4) is 0 Å². The zero-order valence-corrected chi connectivity index (χ0v) is 9.85. The molecule has 2 nitrogen and oxygen atoms in total. The number of imidazole rings is 1. The van der Waals surface area contributed by atoms with E-state index in [0.29, 0.717) is 6.54 Å². The summed E-state index contributed by atoms with van der Waals surface area (Å²) in [6, 6.07) is 0. The zero-order chi connectivity index (χ0) is 11.2. The van der Waals surface area contributed by atoms with Crippen LogP contribution in [0.15, 0.2) is 6.33 Å². The monoisotopic (exact) mass is 326 g/mol. The van der Waals surface area contributed by atoms with E-state index >= 15 is 0 Å². The maximum atomic E-state index is 13.5. The molecule has 0 amide bonds. The van der Waals surface area contributed by atoms with Gasteiger partial charge in [0.05, 0.1) is 9.90 Å². The molecule has 0 aliphatic rings. The van der Waals surface area contributed by atoms with Crippen LogP contribution in [-0.2, 0) is 6.54 Å². The highest BCUT2D eigenvalue weighted by molar-refractivity contribution is 14.1. The van der Waals surface area contributed by atoms with Crippen LogP contribution in [0.1, 0.15) is 6.92 Å². The molecule has 0 atom stereocenters. The Kier molecular flexibility index (Phi) is 2.61. The van der Waals surface area contributed by atoms with E-state index in [-0.39, 0.29) is 14.6 Å². The van der Waals surface area contributed by atoms with Gasteiger partial charge < -0.3 is 4.57 Å². The Balaban J connectivity index is 2.97. The van der Waals surface area contributed by atoms with Gasteiger partial charge in [-0.25, -0.2) is 18.2 Å². The van der Waals surface area contributed by atoms with Gasteiger partial charge >= 0.3 is 0 Å². The normalized spacial score (nSPS) is 11.3. The van der Waals surface area contributed by atoms with E-state index in [1.54, 1.807) is 6.92 Å². The third-order valence-corrected chi connectivity index (χ3v) is 3.12. The number of nitrogens with zero attached hydrogens (tertiary/aromatic N) is 2. The van der Waals surface area contributed by atoms with Crippen LogP contribution >= 0.6 is 22.6 Å². The third kappa shape index (κ3) is 1.42. The first kappa shape index (κ1) is 10.7. The van der Waals surface area contributed by atoms with Gasteiger partial charge in [-0.15, -0.1) is 0 Å². The smallest absolute Gasteiger partial charge is 0.186 e. The number of aromatic nitrogens is 2. The van der Waals surface area contributed by atoms with Crippen LogP contribution in [0.2, 0.25) is 0 Å². The summed E-state index contributed by atoms with van der Waals surface area (Å²) in [5.41, 5.74) is -0.243. The molecule has 1 heterocycles. The lowest BCUT2D eigenvalue weighted by atomic mass is 10.2. The van der Waals surface area contributed by atoms with E-state index in [1.807, 2.05) is 0 Å². The number of rotatable bonds is 1. The second kappa shape index (κ2) is 3.66. The highest BCUT2D eigenvalue weighted by Crippen LogP contribution is 2.27. The van der Waals surface area contributed by atoms with Gasteiger partial charge in [-0.2, -0.15) is 0 Å². The molecular formula is C9H6F3IN2. The van der Waals surface area contributed by atoms with Crippen molar-refractivity contribution in [1.29, 1.82) is 0 Å². The fourth-order valence-corrected chi connectivity index (χ4v) is 1.91. The summed E-state index contributed by atoms with van der Waals surface area (Å²) in [5, 5.41) is 0. The maximum Gasteiger partial charge on any atom is 0.186 e. The number of hydrogen-bond acceptors (Lipinski definition) is 1. The van der Waals surface area contributed by atoms with Crippen LogP contribution in [0.5, 0.6) is 0 Å². The first-order valence-electron chi connectivity index (χ1n) is 4.24. The summed E-state index contributed by atoms with van der Waals surface area (Å²) in [7, 11) is 0. The largest absolute Gasteiger partial charge is 0.328 e. The lowest BCUT2D eigenvalue weighted by Crippen LogP contribution is -2.00. The summed E-state index contributed by atoms with van der Waals surface area (Å²) >= 11 is 1.42. The fraction of sp³-hybridized carbons (Fsp3) is 0.222. The molecule has 6 heteroatoms. The van der Waals surface area contributed by atoms with Gasteiger partial charge in [0.15, 0.2) is 17.5 Å². The van der Waals surface area contributed by atoms with Crippen LogP contribution in [0.25, 0.3) is 11.0 Å². The molecule has 0 fully saturated rings. The van der Waals surface area contributed by atoms with Crippen molar-refractivity contribution in [2.45, 2.75) is 13.5 Å². The van der Waals surface area contributed by atoms with E-state index in [2.05, 4.69) is 4.98 Å². The highest BCUT2D eigenvalue weighted by Gasteiger charge is 2.21. The molecule has 0 spiro atoms. The van der Waals surface area contributed by atoms with E-state index in [9.17, 15) is 13.2 Å². The number of halogens is 4. The van der Waals surface area contributed by atoms with Gasteiger partial charge in [-0.05, 0) is 29.5 Å². The molecule has 0 saturated carbocycles. The predicted molar refractivity (Wildman–Crippen MR) is 58.0 cm³/mol. The summed E-state index contributed by atoms with van der Waals surface area (Å²) in [6.07, 6.45) is 1.30. The number of benzene rings is 1. The molecule has 80 valence electrons. The van der Waals surface area contributed by atoms with E-state index in [0.717, 1.165) is 0 Å². The number of hydrogen-bond donors (Lipinski definition) is 0. The SMILES string of the molecule is CCn1cnc2c(F)c(I)c(F)c(F)c21. The summed E-state index contributed by atoms with van der Waals surface area (Å²) in [4.78, 5) is 3.73. The highest BCUT2D eigenvalue weighted by atomic mass is 127. The number of aryl methyl sites for hydroxylation is 1. The molecule has 0 aliphatic carbocycles. The molecule has 0 unspecified atom stereocenters. The first-order chi connectivity index (χ1) is 7.07. The Bertz CT molecular complexity index is 536. The average molecular weight is 326 g/mol. The Morgan fingerprint density at radius 1 is 1.27 bits per heavy atom. The minimum Gasteiger partial charge on any atom is -0.328 e. The first-order valence-corrected chi connectivity index (χ1v) is 5.32. The standard InChI is InChI=1S/C9H6F3IN2/c1-2-15-3-14-8-6(12)7(13)4(10)5(11)9(8)15/h3H,2H2,1H3. The Morgan fingerprint density at radius 2 is 1.93 bits per heavy atom. The van der Waals surface area contributed by atoms with E-state index in [4.69, 9.17) is 0 Å². The summed E-state index contributed by atoms with van der Waals surface area (Å²) < 4.78 is 41.3. The Morgan fingerprint density at radius 3 is 2.53 bits per heavy atom. The van der Waals surface area contributed by atoms with Gasteiger partial charge in [0.1, 0.15) is 11.0 Å². The van der Waals surface area contributed by atoms with Crippen molar-refractivity contribution in [3.05, 3.63) is 27.3 Å². The van der Waals surface area contributed by atoms with Crippen molar-refractivity contribution in [2.75, 3.05) is 0 Å². The van der Waals surface area contributed by atoms with Gasteiger partial charge in [0.25, 0.3) is 0 Å². The molecule has 2 aromatic rings. The molecular weight excluding hydrogens is 320 g/mol. The van der Waals surface area contributed by atoms with Gasteiger partial charge in [-0.1, -0.05) is 0 Å². The molecule has 1 aromatic carbocycles. The molecule has 0 radical (unpaired) electrons. The lowest BCUT2D eigenvalue weighted by Gasteiger charge is -2.03. The quantitative estimate of drug-likeness (QED) is 0.447. The zero-order valence-electron chi connectivity index (χ0n) is 7.69. The molecule has 0 aliphatic heterocycles. The van der Waals surface area contributed by atoms with Crippen molar-refractivity contribution >= 4 is 33.6 Å². The summed E-state index contributed by atoms with van der Waals surface area (Å²) in [5.74, 6) is -3.01. The fourth-order valence-electron chi connectivity index (χ4n) is 1.41. The third-order valence-electron chi connectivity index (χ3n) is 2.17. The lowest BCUT2D eigenvalue weighted by molar-refractivity contribution is 0.493. The Labute approximate surface area is 97.2 Å². The molecule has 0 N–H and O–H groups in total.